The maximum Gasteiger partial charge on any atom is 0.191 e. The fourth-order valence-corrected chi connectivity index (χ4v) is 2.40. The third kappa shape index (κ3) is 6.34. The molecule has 0 atom stereocenters. The number of phenolic OH excluding ortho intramolecular Hbond substituents is 1. The van der Waals surface area contributed by atoms with Gasteiger partial charge in [0.25, 0.3) is 0 Å². The minimum Gasteiger partial charge on any atom is -0.508 e. The Morgan fingerprint density at radius 1 is 1.24 bits per heavy atom. The molecule has 0 saturated carbocycles. The fraction of sp³-hybridized carbons (Fsp3) is 0.267. The number of nitrogens with zero attached hydrogens (tertiary/aromatic N) is 1. The number of aliphatic imine (C=N–C) groups is 1. The number of phenols is 1. The number of hydrogen-bond donors (Lipinski definition) is 3. The smallest absolute Gasteiger partial charge is 0.191 e. The zero-order chi connectivity index (χ0) is 14.2. The number of rotatable bonds is 5. The lowest BCUT2D eigenvalue weighted by Crippen LogP contribution is -2.36. The molecule has 1 aromatic heterocycles. The summed E-state index contributed by atoms with van der Waals surface area (Å²) in [5.41, 5.74) is 0.985. The molecule has 1 heterocycles. The van der Waals surface area contributed by atoms with Crippen molar-refractivity contribution in [3.05, 3.63) is 52.2 Å². The maximum atomic E-state index is 9.43. The van der Waals surface area contributed by atoms with Crippen molar-refractivity contribution in [3.63, 3.8) is 0 Å². The standard InChI is InChI=1S/C15H19N3OS.HI/c1-2-16-15(18-11-14-7-4-8-20-14)17-10-12-5-3-6-13(19)9-12;/h3-9,19H,2,10-11H2,1H3,(H2,16,17,18);1H. The van der Waals surface area contributed by atoms with Gasteiger partial charge in [-0.3, -0.25) is 0 Å². The quantitative estimate of drug-likeness (QED) is 0.398. The highest BCUT2D eigenvalue weighted by molar-refractivity contribution is 14.0. The number of halogens is 1. The molecule has 0 fully saturated rings. The number of benzene rings is 1. The van der Waals surface area contributed by atoms with E-state index in [0.717, 1.165) is 24.6 Å². The third-order valence-electron chi connectivity index (χ3n) is 2.68. The number of aromatic hydroxyl groups is 1. The molecule has 0 unspecified atom stereocenters. The van der Waals surface area contributed by atoms with Crippen molar-refractivity contribution < 1.29 is 5.11 Å². The Balaban J connectivity index is 0.00000220. The summed E-state index contributed by atoms with van der Waals surface area (Å²) < 4.78 is 0. The fourth-order valence-electron chi connectivity index (χ4n) is 1.75. The molecule has 0 amide bonds. The highest BCUT2D eigenvalue weighted by atomic mass is 127. The lowest BCUT2D eigenvalue weighted by Gasteiger charge is -2.10. The van der Waals surface area contributed by atoms with Crippen LogP contribution in [0.15, 0.2) is 46.8 Å². The van der Waals surface area contributed by atoms with Crippen LogP contribution in [0.5, 0.6) is 5.75 Å². The third-order valence-corrected chi connectivity index (χ3v) is 3.56. The number of nitrogens with one attached hydrogen (secondary N) is 2. The van der Waals surface area contributed by atoms with E-state index >= 15 is 0 Å². The zero-order valence-electron chi connectivity index (χ0n) is 11.9. The molecular weight excluding hydrogens is 397 g/mol. The second-order valence-corrected chi connectivity index (χ2v) is 5.33. The minimum absolute atomic E-state index is 0. The van der Waals surface area contributed by atoms with Crippen molar-refractivity contribution in [2.24, 2.45) is 4.99 Å². The first-order chi connectivity index (χ1) is 9.78. The summed E-state index contributed by atoms with van der Waals surface area (Å²) in [6.45, 7) is 4.16. The second-order valence-electron chi connectivity index (χ2n) is 4.30. The van der Waals surface area contributed by atoms with Crippen LogP contribution in [0.2, 0.25) is 0 Å². The molecule has 21 heavy (non-hydrogen) atoms. The molecule has 2 rings (SSSR count). The van der Waals surface area contributed by atoms with Gasteiger partial charge in [0.05, 0.1) is 13.1 Å². The molecule has 0 spiro atoms. The Bertz CT molecular complexity index is 558. The van der Waals surface area contributed by atoms with Crippen molar-refractivity contribution in [1.29, 1.82) is 0 Å². The van der Waals surface area contributed by atoms with Gasteiger partial charge in [-0.1, -0.05) is 18.2 Å². The summed E-state index contributed by atoms with van der Waals surface area (Å²) >= 11 is 1.72. The average Bonchev–Trinajstić information content (AvgIpc) is 2.95. The van der Waals surface area contributed by atoms with Gasteiger partial charge in [-0.25, -0.2) is 4.99 Å². The van der Waals surface area contributed by atoms with E-state index in [2.05, 4.69) is 27.1 Å². The Hall–Kier alpha value is -1.28. The molecule has 0 saturated heterocycles. The predicted octanol–water partition coefficient (Wildman–Crippen LogP) is 3.33. The van der Waals surface area contributed by atoms with Gasteiger partial charge in [0.2, 0.25) is 0 Å². The van der Waals surface area contributed by atoms with Crippen LogP contribution < -0.4 is 10.6 Å². The van der Waals surface area contributed by atoms with Gasteiger partial charge in [-0.2, -0.15) is 0 Å². The molecule has 6 heteroatoms. The summed E-state index contributed by atoms with van der Waals surface area (Å²) in [7, 11) is 0. The van der Waals surface area contributed by atoms with Gasteiger partial charge in [0, 0.05) is 11.4 Å². The van der Waals surface area contributed by atoms with E-state index in [1.165, 1.54) is 4.88 Å². The molecule has 0 aliphatic carbocycles. The lowest BCUT2D eigenvalue weighted by molar-refractivity contribution is 0.474. The Labute approximate surface area is 146 Å². The summed E-state index contributed by atoms with van der Waals surface area (Å²) in [5, 5.41) is 18.0. The van der Waals surface area contributed by atoms with E-state index in [-0.39, 0.29) is 29.7 Å². The number of guanidine groups is 1. The summed E-state index contributed by atoms with van der Waals surface area (Å²) in [6, 6.07) is 11.3. The van der Waals surface area contributed by atoms with E-state index in [9.17, 15) is 5.11 Å². The SMILES string of the molecule is CCNC(=NCc1cccc(O)c1)NCc1cccs1.I. The highest BCUT2D eigenvalue weighted by Gasteiger charge is 1.99. The van der Waals surface area contributed by atoms with Gasteiger partial charge in [-0.15, -0.1) is 35.3 Å². The molecule has 0 aliphatic rings. The van der Waals surface area contributed by atoms with Crippen LogP contribution in [0, 0.1) is 0 Å². The van der Waals surface area contributed by atoms with E-state index in [1.54, 1.807) is 23.5 Å². The van der Waals surface area contributed by atoms with E-state index in [1.807, 2.05) is 25.1 Å². The normalized spacial score (nSPS) is 10.8. The molecule has 114 valence electrons. The van der Waals surface area contributed by atoms with Crippen molar-refractivity contribution in [2.45, 2.75) is 20.0 Å². The van der Waals surface area contributed by atoms with Gasteiger partial charge in [0.15, 0.2) is 5.96 Å². The molecule has 0 aliphatic heterocycles. The van der Waals surface area contributed by atoms with Crippen LogP contribution in [0.3, 0.4) is 0 Å². The van der Waals surface area contributed by atoms with Crippen LogP contribution in [0.1, 0.15) is 17.4 Å². The monoisotopic (exact) mass is 417 g/mol. The van der Waals surface area contributed by atoms with E-state index in [0.29, 0.717) is 6.54 Å². The minimum atomic E-state index is 0. The Morgan fingerprint density at radius 3 is 2.76 bits per heavy atom. The molecule has 4 nitrogen and oxygen atoms in total. The molecule has 3 N–H and O–H groups in total. The van der Waals surface area contributed by atoms with Gasteiger partial charge in [-0.05, 0) is 36.1 Å². The van der Waals surface area contributed by atoms with Crippen molar-refractivity contribution in [1.82, 2.24) is 10.6 Å². The first-order valence-corrected chi connectivity index (χ1v) is 7.48. The Morgan fingerprint density at radius 2 is 2.10 bits per heavy atom. The molecule has 0 bridgehead atoms. The highest BCUT2D eigenvalue weighted by Crippen LogP contribution is 2.11. The van der Waals surface area contributed by atoms with Crippen molar-refractivity contribution in [2.75, 3.05) is 6.54 Å². The molecule has 2 aromatic rings. The average molecular weight is 417 g/mol. The molecule has 0 radical (unpaired) electrons. The van der Waals surface area contributed by atoms with Crippen LogP contribution in [0.25, 0.3) is 0 Å². The van der Waals surface area contributed by atoms with Crippen LogP contribution in [-0.4, -0.2) is 17.6 Å². The van der Waals surface area contributed by atoms with Crippen molar-refractivity contribution >= 4 is 41.3 Å². The Kier molecular flexibility index (Phi) is 8.14. The first-order valence-electron chi connectivity index (χ1n) is 6.60. The van der Waals surface area contributed by atoms with Gasteiger partial charge < -0.3 is 15.7 Å². The first kappa shape index (κ1) is 17.8. The van der Waals surface area contributed by atoms with Crippen LogP contribution >= 0.6 is 35.3 Å². The van der Waals surface area contributed by atoms with Crippen LogP contribution in [0.4, 0.5) is 0 Å². The number of thiophene rings is 1. The van der Waals surface area contributed by atoms with E-state index < -0.39 is 0 Å². The van der Waals surface area contributed by atoms with Crippen molar-refractivity contribution in [3.8, 4) is 5.75 Å². The predicted molar refractivity (Wildman–Crippen MR) is 99.5 cm³/mol. The van der Waals surface area contributed by atoms with Gasteiger partial charge in [0.1, 0.15) is 5.75 Å². The van der Waals surface area contributed by atoms with Gasteiger partial charge >= 0.3 is 0 Å². The lowest BCUT2D eigenvalue weighted by atomic mass is 10.2. The second kappa shape index (κ2) is 9.62. The molecule has 1 aromatic carbocycles. The van der Waals surface area contributed by atoms with E-state index in [4.69, 9.17) is 0 Å². The summed E-state index contributed by atoms with van der Waals surface area (Å²) in [6.07, 6.45) is 0. The molecular formula is C15H20IN3OS. The topological polar surface area (TPSA) is 56.7 Å². The largest absolute Gasteiger partial charge is 0.508 e. The summed E-state index contributed by atoms with van der Waals surface area (Å²) in [5.74, 6) is 1.05. The number of hydrogen-bond acceptors (Lipinski definition) is 3. The zero-order valence-corrected chi connectivity index (χ0v) is 15.0. The summed E-state index contributed by atoms with van der Waals surface area (Å²) in [4.78, 5) is 5.78. The maximum absolute atomic E-state index is 9.43. The van der Waals surface area contributed by atoms with Crippen LogP contribution in [-0.2, 0) is 13.1 Å².